The van der Waals surface area contributed by atoms with Gasteiger partial charge in [-0.15, -0.1) is 11.3 Å². The Labute approximate surface area is 199 Å². The van der Waals surface area contributed by atoms with E-state index < -0.39 is 5.82 Å². The topological polar surface area (TPSA) is 77.7 Å². The molecule has 1 saturated heterocycles. The Kier molecular flexibility index (Phi) is 6.12. The van der Waals surface area contributed by atoms with Crippen LogP contribution in [0, 0.1) is 18.7 Å². The zero-order valence-electron chi connectivity index (χ0n) is 18.7. The van der Waals surface area contributed by atoms with E-state index in [9.17, 15) is 9.18 Å². The van der Waals surface area contributed by atoms with Gasteiger partial charge in [-0.25, -0.2) is 4.39 Å². The van der Waals surface area contributed by atoms with Gasteiger partial charge >= 0.3 is 5.97 Å². The van der Waals surface area contributed by atoms with Gasteiger partial charge < -0.3 is 14.0 Å². The number of carbonyl (C=O) groups is 1. The molecule has 0 bridgehead atoms. The van der Waals surface area contributed by atoms with Gasteiger partial charge in [0.2, 0.25) is 5.82 Å². The van der Waals surface area contributed by atoms with Crippen LogP contribution in [0.25, 0.3) is 22.2 Å². The summed E-state index contributed by atoms with van der Waals surface area (Å²) in [6.45, 7) is 4.13. The number of aryl methyl sites for hydroxylation is 1. The van der Waals surface area contributed by atoms with Gasteiger partial charge in [-0.05, 0) is 48.9 Å². The van der Waals surface area contributed by atoms with E-state index in [2.05, 4.69) is 21.1 Å². The van der Waals surface area contributed by atoms with Crippen LogP contribution in [0.4, 0.5) is 4.39 Å². The van der Waals surface area contributed by atoms with Crippen molar-refractivity contribution in [3.63, 3.8) is 0 Å². The van der Waals surface area contributed by atoms with Gasteiger partial charge in [0.25, 0.3) is 5.89 Å². The van der Waals surface area contributed by atoms with E-state index in [1.165, 1.54) is 13.2 Å². The van der Waals surface area contributed by atoms with Gasteiger partial charge in [0.1, 0.15) is 5.75 Å². The zero-order valence-corrected chi connectivity index (χ0v) is 19.5. The van der Waals surface area contributed by atoms with E-state index in [1.54, 1.807) is 35.6 Å². The van der Waals surface area contributed by atoms with Crippen molar-refractivity contribution in [3.05, 3.63) is 70.9 Å². The quantitative estimate of drug-likeness (QED) is 0.333. The highest BCUT2D eigenvalue weighted by Crippen LogP contribution is 2.34. The van der Waals surface area contributed by atoms with Crippen LogP contribution in [0.5, 0.6) is 11.5 Å². The molecule has 5 rings (SSSR count). The largest absolute Gasteiger partial charge is 0.469 e. The Bertz CT molecular complexity index is 1310. The molecule has 3 heterocycles. The average Bonchev–Trinajstić information content (AvgIpc) is 3.44. The van der Waals surface area contributed by atoms with Gasteiger partial charge in [0.15, 0.2) is 11.6 Å². The van der Waals surface area contributed by atoms with Crippen molar-refractivity contribution in [1.82, 2.24) is 15.0 Å². The summed E-state index contributed by atoms with van der Waals surface area (Å²) in [6.07, 6.45) is 0. The van der Waals surface area contributed by atoms with Crippen LogP contribution in [0.3, 0.4) is 0 Å². The van der Waals surface area contributed by atoms with Crippen LogP contribution in [-0.4, -0.2) is 41.2 Å². The summed E-state index contributed by atoms with van der Waals surface area (Å²) in [6, 6.07) is 15.7. The number of nitrogens with zero attached hydrogens (tertiary/aromatic N) is 3. The maximum absolute atomic E-state index is 14.6. The molecule has 1 aliphatic rings. The fourth-order valence-corrected chi connectivity index (χ4v) is 4.99. The Morgan fingerprint density at radius 2 is 2.00 bits per heavy atom. The number of hydrogen-bond donors (Lipinski definition) is 0. The third-order valence-electron chi connectivity index (χ3n) is 5.62. The lowest BCUT2D eigenvalue weighted by molar-refractivity contribution is -0.151. The Balaban J connectivity index is 1.28. The molecule has 4 aromatic rings. The van der Waals surface area contributed by atoms with Crippen LogP contribution in [0.2, 0.25) is 0 Å². The minimum atomic E-state index is -0.518. The van der Waals surface area contributed by atoms with Crippen molar-refractivity contribution in [1.29, 1.82) is 0 Å². The number of benzene rings is 2. The van der Waals surface area contributed by atoms with Crippen molar-refractivity contribution in [2.75, 3.05) is 20.2 Å². The van der Waals surface area contributed by atoms with Gasteiger partial charge in [-0.1, -0.05) is 23.4 Å². The number of ether oxygens (including phenoxy) is 2. The normalized spacial score (nSPS) is 14.1. The molecule has 0 N–H and O–H groups in total. The standard InChI is InChI=1S/C25H22FN3O4S/c1-15-10-19(14-29-12-17(13-29)25(30)31-2)34-22(15)23-27-24(33-28-23)16-8-9-21(20(26)11-16)32-18-6-4-3-5-7-18/h3-11,17H,12-14H2,1-2H3. The summed E-state index contributed by atoms with van der Waals surface area (Å²) in [5.74, 6) is 0.648. The Hall–Kier alpha value is -3.56. The second kappa shape index (κ2) is 9.36. The van der Waals surface area contributed by atoms with Gasteiger partial charge in [-0.3, -0.25) is 9.69 Å². The summed E-state index contributed by atoms with van der Waals surface area (Å²) in [5, 5.41) is 4.11. The predicted molar refractivity (Wildman–Crippen MR) is 125 cm³/mol. The second-order valence-corrected chi connectivity index (χ2v) is 9.26. The number of likely N-dealkylation sites (tertiary alicyclic amines) is 1. The van der Waals surface area contributed by atoms with E-state index in [-0.39, 0.29) is 23.5 Å². The number of carbonyl (C=O) groups excluding carboxylic acids is 1. The summed E-state index contributed by atoms with van der Waals surface area (Å²) in [7, 11) is 1.42. The van der Waals surface area contributed by atoms with Crippen molar-refractivity contribution < 1.29 is 23.2 Å². The van der Waals surface area contributed by atoms with Crippen LogP contribution < -0.4 is 4.74 Å². The summed E-state index contributed by atoms with van der Waals surface area (Å²) in [5.41, 5.74) is 1.51. The summed E-state index contributed by atoms with van der Waals surface area (Å²) < 4.78 is 30.4. The lowest BCUT2D eigenvalue weighted by atomic mass is 10.0. The first-order chi connectivity index (χ1) is 16.5. The molecule has 1 fully saturated rings. The van der Waals surface area contributed by atoms with Crippen molar-refractivity contribution >= 4 is 17.3 Å². The van der Waals surface area contributed by atoms with Crippen LogP contribution in [0.1, 0.15) is 10.4 Å². The molecule has 7 nitrogen and oxygen atoms in total. The number of aromatic nitrogens is 2. The highest BCUT2D eigenvalue weighted by Gasteiger charge is 2.33. The number of hydrogen-bond acceptors (Lipinski definition) is 8. The van der Waals surface area contributed by atoms with Crippen LogP contribution in [-0.2, 0) is 16.1 Å². The first-order valence-corrected chi connectivity index (χ1v) is 11.6. The number of para-hydroxylation sites is 1. The lowest BCUT2D eigenvalue weighted by Crippen LogP contribution is -2.49. The molecule has 0 amide bonds. The second-order valence-electron chi connectivity index (χ2n) is 8.12. The van der Waals surface area contributed by atoms with E-state index >= 15 is 0 Å². The fraction of sp³-hybridized carbons (Fsp3) is 0.240. The smallest absolute Gasteiger partial charge is 0.311 e. The average molecular weight is 480 g/mol. The number of thiophene rings is 1. The summed E-state index contributed by atoms with van der Waals surface area (Å²) >= 11 is 1.58. The molecule has 0 unspecified atom stereocenters. The maximum atomic E-state index is 14.6. The molecule has 0 spiro atoms. The molecule has 174 valence electrons. The molecule has 2 aromatic carbocycles. The first kappa shape index (κ1) is 22.2. The molecular formula is C25H22FN3O4S. The van der Waals surface area contributed by atoms with Crippen LogP contribution >= 0.6 is 11.3 Å². The monoisotopic (exact) mass is 479 g/mol. The fourth-order valence-electron chi connectivity index (χ4n) is 3.85. The van der Waals surface area contributed by atoms with Crippen molar-refractivity contribution in [2.45, 2.75) is 13.5 Å². The number of rotatable bonds is 7. The van der Waals surface area contributed by atoms with E-state index in [1.807, 2.05) is 25.1 Å². The summed E-state index contributed by atoms with van der Waals surface area (Å²) in [4.78, 5) is 20.3. The van der Waals surface area contributed by atoms with E-state index in [4.69, 9.17) is 14.0 Å². The Morgan fingerprint density at radius 3 is 2.74 bits per heavy atom. The number of esters is 1. The maximum Gasteiger partial charge on any atom is 0.311 e. The molecular weight excluding hydrogens is 457 g/mol. The highest BCUT2D eigenvalue weighted by molar-refractivity contribution is 7.15. The molecule has 1 aliphatic heterocycles. The molecule has 0 radical (unpaired) electrons. The van der Waals surface area contributed by atoms with Gasteiger partial charge in [0.05, 0.1) is 17.9 Å². The lowest BCUT2D eigenvalue weighted by Gasteiger charge is -2.36. The van der Waals surface area contributed by atoms with E-state index in [0.717, 1.165) is 21.9 Å². The third-order valence-corrected chi connectivity index (χ3v) is 6.84. The van der Waals surface area contributed by atoms with Gasteiger partial charge in [0, 0.05) is 30.1 Å². The van der Waals surface area contributed by atoms with E-state index in [0.29, 0.717) is 30.2 Å². The van der Waals surface area contributed by atoms with Crippen molar-refractivity contribution in [3.8, 4) is 33.7 Å². The first-order valence-electron chi connectivity index (χ1n) is 10.8. The molecule has 0 atom stereocenters. The molecule has 0 saturated carbocycles. The third kappa shape index (κ3) is 4.57. The SMILES string of the molecule is COC(=O)C1CN(Cc2cc(C)c(-c3noc(-c4ccc(Oc5ccccc5)c(F)c4)n3)s2)C1. The number of halogens is 1. The van der Waals surface area contributed by atoms with Crippen molar-refractivity contribution in [2.24, 2.45) is 5.92 Å². The molecule has 0 aliphatic carbocycles. The Morgan fingerprint density at radius 1 is 1.21 bits per heavy atom. The minimum Gasteiger partial charge on any atom is -0.469 e. The van der Waals surface area contributed by atoms with Gasteiger partial charge in [-0.2, -0.15) is 4.98 Å². The molecule has 34 heavy (non-hydrogen) atoms. The highest BCUT2D eigenvalue weighted by atomic mass is 32.1. The molecule has 2 aromatic heterocycles. The zero-order chi connectivity index (χ0) is 23.7. The minimum absolute atomic E-state index is 0.0461. The van der Waals surface area contributed by atoms with Crippen LogP contribution in [0.15, 0.2) is 59.1 Å². The molecule has 9 heteroatoms. The predicted octanol–water partition coefficient (Wildman–Crippen LogP) is 5.31. The number of methoxy groups -OCH3 is 1.